The van der Waals surface area contributed by atoms with Crippen molar-refractivity contribution in [1.82, 2.24) is 15.2 Å². The van der Waals surface area contributed by atoms with Crippen LogP contribution in [0.15, 0.2) is 48.5 Å². The van der Waals surface area contributed by atoms with E-state index in [0.717, 1.165) is 12.0 Å². The van der Waals surface area contributed by atoms with E-state index in [1.165, 1.54) is 0 Å². The summed E-state index contributed by atoms with van der Waals surface area (Å²) in [5.41, 5.74) is 2.75. The molecule has 4 rings (SSSR count). The molecule has 2 aromatic carbocycles. The lowest BCUT2D eigenvalue weighted by molar-refractivity contribution is -0.122. The number of carbonyl (C=O) groups excluding carboxylic acids is 2. The highest BCUT2D eigenvalue weighted by molar-refractivity contribution is 6.08. The second-order valence-electron chi connectivity index (χ2n) is 9.00. The van der Waals surface area contributed by atoms with Gasteiger partial charge in [-0.15, -0.1) is 0 Å². The van der Waals surface area contributed by atoms with Gasteiger partial charge in [0.2, 0.25) is 5.91 Å². The first kappa shape index (κ1) is 25.1. The number of carbonyl (C=O) groups is 3. The lowest BCUT2D eigenvalue weighted by Gasteiger charge is -2.35. The van der Waals surface area contributed by atoms with E-state index >= 15 is 0 Å². The van der Waals surface area contributed by atoms with Gasteiger partial charge >= 0.3 is 5.97 Å². The Kier molecular flexibility index (Phi) is 7.80. The average Bonchev–Trinajstić information content (AvgIpc) is 2.87. The van der Waals surface area contributed by atoms with Crippen molar-refractivity contribution < 1.29 is 19.5 Å². The number of amides is 2. The molecule has 0 bridgehead atoms. The third-order valence-corrected chi connectivity index (χ3v) is 6.23. The first-order chi connectivity index (χ1) is 17.3. The Bertz CT molecular complexity index is 1270. The number of rotatable bonds is 8. The maximum Gasteiger partial charge on any atom is 0.336 e. The Labute approximate surface area is 210 Å². The van der Waals surface area contributed by atoms with Crippen molar-refractivity contribution in [2.75, 3.05) is 49.5 Å². The number of pyridine rings is 1. The van der Waals surface area contributed by atoms with Crippen LogP contribution in [0.25, 0.3) is 10.9 Å². The van der Waals surface area contributed by atoms with Gasteiger partial charge < -0.3 is 20.6 Å². The van der Waals surface area contributed by atoms with Crippen molar-refractivity contribution in [3.05, 3.63) is 65.2 Å². The number of carboxylic acids is 1. The van der Waals surface area contributed by atoms with Crippen LogP contribution in [0.4, 0.5) is 11.5 Å². The quantitative estimate of drug-likeness (QED) is 0.445. The third-order valence-electron chi connectivity index (χ3n) is 6.23. The minimum absolute atomic E-state index is 0.0209. The van der Waals surface area contributed by atoms with Gasteiger partial charge in [-0.25, -0.2) is 9.78 Å². The highest BCUT2D eigenvalue weighted by atomic mass is 16.4. The summed E-state index contributed by atoms with van der Waals surface area (Å²) in [5.74, 6) is -0.715. The first-order valence-electron chi connectivity index (χ1n) is 12.1. The highest BCUT2D eigenvalue weighted by Gasteiger charge is 2.22. The first-order valence-corrected chi connectivity index (χ1v) is 12.1. The molecule has 0 saturated carbocycles. The van der Waals surface area contributed by atoms with Crippen molar-refractivity contribution in [2.24, 2.45) is 0 Å². The van der Waals surface area contributed by atoms with Crippen molar-refractivity contribution in [1.29, 1.82) is 0 Å². The summed E-state index contributed by atoms with van der Waals surface area (Å²) < 4.78 is 0. The minimum Gasteiger partial charge on any atom is -0.478 e. The fourth-order valence-electron chi connectivity index (χ4n) is 4.20. The molecule has 36 heavy (non-hydrogen) atoms. The molecule has 188 valence electrons. The van der Waals surface area contributed by atoms with Crippen molar-refractivity contribution in [3.8, 4) is 0 Å². The predicted octanol–water partition coefficient (Wildman–Crippen LogP) is 3.14. The molecule has 0 atom stereocenters. The topological polar surface area (TPSA) is 115 Å². The largest absolute Gasteiger partial charge is 0.478 e. The molecule has 0 aliphatic carbocycles. The van der Waals surface area contributed by atoms with Crippen molar-refractivity contribution in [3.63, 3.8) is 0 Å². The van der Waals surface area contributed by atoms with Crippen molar-refractivity contribution in [2.45, 2.75) is 20.3 Å². The number of anilines is 2. The van der Waals surface area contributed by atoms with E-state index in [2.05, 4.69) is 15.5 Å². The highest BCUT2D eigenvalue weighted by Crippen LogP contribution is 2.27. The summed E-state index contributed by atoms with van der Waals surface area (Å²) in [5, 5.41) is 16.1. The number of piperazine rings is 1. The molecule has 0 spiro atoms. The zero-order valence-electron chi connectivity index (χ0n) is 20.6. The number of hydrogen-bond donors (Lipinski definition) is 3. The van der Waals surface area contributed by atoms with Gasteiger partial charge in [0, 0.05) is 49.4 Å². The molecular formula is C27H31N5O4. The smallest absolute Gasteiger partial charge is 0.336 e. The van der Waals surface area contributed by atoms with E-state index in [9.17, 15) is 19.5 Å². The van der Waals surface area contributed by atoms with E-state index in [1.807, 2.05) is 30.9 Å². The lowest BCUT2D eigenvalue weighted by Crippen LogP contribution is -2.49. The Morgan fingerprint density at radius 1 is 1.00 bits per heavy atom. The number of fused-ring (bicyclic) bond motifs is 1. The van der Waals surface area contributed by atoms with Crippen LogP contribution in [0.1, 0.15) is 39.6 Å². The van der Waals surface area contributed by atoms with Crippen LogP contribution in [-0.4, -0.2) is 72.0 Å². The van der Waals surface area contributed by atoms with Crippen LogP contribution >= 0.6 is 0 Å². The van der Waals surface area contributed by atoms with E-state index in [1.54, 1.807) is 36.4 Å². The summed E-state index contributed by atoms with van der Waals surface area (Å²) in [7, 11) is 0. The van der Waals surface area contributed by atoms with Crippen LogP contribution in [-0.2, 0) is 4.79 Å². The van der Waals surface area contributed by atoms with Crippen LogP contribution in [0.3, 0.4) is 0 Å². The fourth-order valence-corrected chi connectivity index (χ4v) is 4.20. The number of carboxylic acid groups (broad SMARTS) is 1. The van der Waals surface area contributed by atoms with Crippen molar-refractivity contribution >= 4 is 40.2 Å². The van der Waals surface area contributed by atoms with Gasteiger partial charge in [0.25, 0.3) is 5.91 Å². The summed E-state index contributed by atoms with van der Waals surface area (Å²) in [6.45, 7) is 7.66. The monoisotopic (exact) mass is 489 g/mol. The number of nitrogens with one attached hydrogen (secondary N) is 2. The summed E-state index contributed by atoms with van der Waals surface area (Å²) in [6.07, 6.45) is 0.902. The normalized spacial score (nSPS) is 14.0. The molecule has 9 nitrogen and oxygen atoms in total. The third kappa shape index (κ3) is 5.98. The zero-order chi connectivity index (χ0) is 25.7. The molecule has 1 aliphatic heterocycles. The van der Waals surface area contributed by atoms with Crippen LogP contribution in [0.2, 0.25) is 0 Å². The molecule has 3 N–H and O–H groups in total. The number of aromatic carboxylic acids is 1. The molecule has 1 saturated heterocycles. The van der Waals surface area contributed by atoms with Gasteiger partial charge in [-0.2, -0.15) is 0 Å². The zero-order valence-corrected chi connectivity index (χ0v) is 20.6. The standard InChI is InChI=1S/C27H31N5O4/c1-3-10-28-25(33)17-31-11-13-32(14-12-31)24-16-22(27(35)36)21-15-20(8-9-23(21)30-24)29-26(34)19-6-4-18(2)5-7-19/h4-9,15-16H,3,10-14,17H2,1-2H3,(H,28,33)(H,29,34)(H,35,36). The average molecular weight is 490 g/mol. The Balaban J connectivity index is 1.49. The molecule has 9 heteroatoms. The Morgan fingerprint density at radius 3 is 2.39 bits per heavy atom. The predicted molar refractivity (Wildman–Crippen MR) is 140 cm³/mol. The van der Waals surface area contributed by atoms with Crippen LogP contribution < -0.4 is 15.5 Å². The molecule has 2 amide bonds. The molecular weight excluding hydrogens is 458 g/mol. The van der Waals surface area contributed by atoms with Gasteiger partial charge in [-0.1, -0.05) is 24.6 Å². The molecule has 1 aliphatic rings. The summed E-state index contributed by atoms with van der Waals surface area (Å²) in [4.78, 5) is 45.6. The molecule has 2 heterocycles. The van der Waals surface area contributed by atoms with Crippen LogP contribution in [0.5, 0.6) is 0 Å². The van der Waals surface area contributed by atoms with Gasteiger partial charge in [-0.3, -0.25) is 14.5 Å². The van der Waals surface area contributed by atoms with E-state index < -0.39 is 5.97 Å². The Hall–Kier alpha value is -3.98. The molecule has 0 radical (unpaired) electrons. The second kappa shape index (κ2) is 11.2. The summed E-state index contributed by atoms with van der Waals surface area (Å²) >= 11 is 0. The maximum absolute atomic E-state index is 12.6. The number of aryl methyl sites for hydroxylation is 1. The molecule has 1 aromatic heterocycles. The van der Waals surface area contributed by atoms with Gasteiger partial charge in [-0.05, 0) is 49.7 Å². The van der Waals surface area contributed by atoms with E-state index in [4.69, 9.17) is 4.98 Å². The second-order valence-corrected chi connectivity index (χ2v) is 9.00. The van der Waals surface area contributed by atoms with Gasteiger partial charge in [0.05, 0.1) is 17.6 Å². The van der Waals surface area contributed by atoms with Gasteiger partial charge in [0.1, 0.15) is 5.82 Å². The number of hydrogen-bond acceptors (Lipinski definition) is 6. The fraction of sp³-hybridized carbons (Fsp3) is 0.333. The lowest BCUT2D eigenvalue weighted by atomic mass is 10.1. The maximum atomic E-state index is 12.6. The Morgan fingerprint density at radius 2 is 1.72 bits per heavy atom. The van der Waals surface area contributed by atoms with E-state index in [-0.39, 0.29) is 17.4 Å². The number of aromatic nitrogens is 1. The molecule has 1 fully saturated rings. The molecule has 3 aromatic rings. The number of nitrogens with zero attached hydrogens (tertiary/aromatic N) is 3. The van der Waals surface area contributed by atoms with Crippen LogP contribution in [0, 0.1) is 6.92 Å². The molecule has 0 unspecified atom stereocenters. The summed E-state index contributed by atoms with van der Waals surface area (Å²) in [6, 6.07) is 13.9. The minimum atomic E-state index is -1.06. The van der Waals surface area contributed by atoms with Gasteiger partial charge in [0.15, 0.2) is 0 Å². The number of benzene rings is 2. The SMILES string of the molecule is CCCNC(=O)CN1CCN(c2cc(C(=O)O)c3cc(NC(=O)c4ccc(C)cc4)ccc3n2)CC1. The van der Waals surface area contributed by atoms with E-state index in [0.29, 0.717) is 67.2 Å².